The van der Waals surface area contributed by atoms with Gasteiger partial charge in [0.25, 0.3) is 0 Å². The van der Waals surface area contributed by atoms with Crippen LogP contribution in [0.5, 0.6) is 5.75 Å². The lowest BCUT2D eigenvalue weighted by atomic mass is 10.1. The van der Waals surface area contributed by atoms with Crippen LogP contribution in [0.4, 0.5) is 0 Å². The van der Waals surface area contributed by atoms with Crippen LogP contribution in [0.15, 0.2) is 42.4 Å². The van der Waals surface area contributed by atoms with Gasteiger partial charge in [0.1, 0.15) is 23.8 Å². The first-order valence-corrected chi connectivity index (χ1v) is 9.65. The topological polar surface area (TPSA) is 138 Å². The number of carboxylic acid groups (broad SMARTS) is 1. The van der Waals surface area contributed by atoms with Gasteiger partial charge < -0.3 is 35.4 Å². The van der Waals surface area contributed by atoms with Crippen LogP contribution in [-0.2, 0) is 22.4 Å². The molecule has 0 saturated carbocycles. The zero-order valence-corrected chi connectivity index (χ0v) is 17.5. The molecule has 0 aliphatic heterocycles. The maximum absolute atomic E-state index is 10.9. The van der Waals surface area contributed by atoms with Crippen LogP contribution in [0.2, 0.25) is 0 Å². The summed E-state index contributed by atoms with van der Waals surface area (Å²) in [5.74, 6) is -0.543. The number of carboxylic acids is 1. The molecule has 164 valence electrons. The number of aromatic amines is 2. The number of benzene rings is 1. The number of aliphatic carboxylic acids is 1. The molecule has 3 aromatic rings. The molecule has 3 rings (SSSR count). The molecule has 0 aliphatic rings. The summed E-state index contributed by atoms with van der Waals surface area (Å²) in [5, 5.41) is 32.8. The van der Waals surface area contributed by atoms with Crippen LogP contribution >= 0.6 is 0 Å². The van der Waals surface area contributed by atoms with Crippen molar-refractivity contribution in [3.05, 3.63) is 64.1 Å². The second-order valence-electron chi connectivity index (χ2n) is 6.86. The van der Waals surface area contributed by atoms with Gasteiger partial charge >= 0.3 is 5.97 Å². The summed E-state index contributed by atoms with van der Waals surface area (Å²) in [6, 6.07) is 4.37. The van der Waals surface area contributed by atoms with Crippen molar-refractivity contribution in [2.45, 2.75) is 25.8 Å². The average Bonchev–Trinajstić information content (AvgIpc) is 3.30. The number of carbonyl (C=O) groups excluding carboxylic acids is 1. The third kappa shape index (κ3) is 6.10. The number of likely N-dealkylation sites (N-methyl/N-ethyl adjacent to an activating group) is 1. The Bertz CT molecular complexity index is 1190. The summed E-state index contributed by atoms with van der Waals surface area (Å²) in [6.45, 7) is 5.51. The number of hydrogen-bond donors (Lipinski definition) is 6. The molecule has 0 amide bonds. The fraction of sp³-hybridized carbons (Fsp3) is 0.217. The van der Waals surface area contributed by atoms with E-state index in [1.807, 2.05) is 0 Å². The second kappa shape index (κ2) is 10.8. The number of aromatic hydroxyl groups is 1. The number of aldehydes is 1. The molecule has 8 nitrogen and oxygen atoms in total. The summed E-state index contributed by atoms with van der Waals surface area (Å²) in [5.41, 5.74) is 2.61. The number of phenolic OH excluding ortho intramolecular Hbond substituents is 1. The van der Waals surface area contributed by atoms with Crippen LogP contribution in [0, 0.1) is 0 Å². The lowest BCUT2D eigenvalue weighted by Crippen LogP contribution is -2.35. The number of fused-ring (bicyclic) bond motifs is 1. The fourth-order valence-corrected chi connectivity index (χ4v) is 3.06. The minimum Gasteiger partial charge on any atom is -0.508 e. The quantitative estimate of drug-likeness (QED) is 0.251. The van der Waals surface area contributed by atoms with E-state index in [2.05, 4.69) is 21.9 Å². The highest BCUT2D eigenvalue weighted by atomic mass is 16.4. The Morgan fingerprint density at radius 2 is 1.94 bits per heavy atom. The van der Waals surface area contributed by atoms with Gasteiger partial charge in [-0.05, 0) is 55.4 Å². The number of aliphatic hydroxyl groups is 1. The first-order valence-electron chi connectivity index (χ1n) is 9.65. The number of nitrogens with one attached hydrogen (secondary N) is 3. The van der Waals surface area contributed by atoms with Crippen LogP contribution in [0.1, 0.15) is 18.1 Å². The number of aromatic nitrogens is 2. The minimum atomic E-state index is -0.887. The largest absolute Gasteiger partial charge is 0.508 e. The van der Waals surface area contributed by atoms with Crippen molar-refractivity contribution < 1.29 is 24.9 Å². The van der Waals surface area contributed by atoms with E-state index in [4.69, 9.17) is 5.11 Å². The predicted octanol–water partition coefficient (Wildman–Crippen LogP) is 1.50. The third-order valence-electron chi connectivity index (χ3n) is 4.80. The van der Waals surface area contributed by atoms with Gasteiger partial charge in [-0.15, -0.1) is 0 Å². The van der Waals surface area contributed by atoms with Crippen LogP contribution in [-0.4, -0.2) is 50.6 Å². The molecule has 0 bridgehead atoms. The van der Waals surface area contributed by atoms with Crippen LogP contribution in [0.3, 0.4) is 0 Å². The number of phenols is 1. The molecule has 0 radical (unpaired) electrons. The Morgan fingerprint density at radius 1 is 1.23 bits per heavy atom. The minimum absolute atomic E-state index is 0.168. The number of allylic oxidation sites excluding steroid dienone is 2. The van der Waals surface area contributed by atoms with E-state index in [0.717, 1.165) is 33.5 Å². The van der Waals surface area contributed by atoms with Crippen molar-refractivity contribution in [3.63, 3.8) is 0 Å². The Morgan fingerprint density at radius 3 is 2.55 bits per heavy atom. The number of carbonyl (C=O) groups is 2. The number of rotatable bonds is 7. The van der Waals surface area contributed by atoms with Crippen molar-refractivity contribution in [1.82, 2.24) is 15.3 Å². The van der Waals surface area contributed by atoms with Gasteiger partial charge in [0.2, 0.25) is 0 Å². The Kier molecular flexibility index (Phi) is 8.22. The lowest BCUT2D eigenvalue weighted by Gasteiger charge is -2.09. The van der Waals surface area contributed by atoms with Crippen molar-refractivity contribution in [2.24, 2.45) is 0 Å². The highest BCUT2D eigenvalue weighted by molar-refractivity contribution is 5.85. The van der Waals surface area contributed by atoms with E-state index in [9.17, 15) is 19.8 Å². The van der Waals surface area contributed by atoms with Crippen LogP contribution in [0.25, 0.3) is 23.6 Å². The molecule has 31 heavy (non-hydrogen) atoms. The first-order chi connectivity index (χ1) is 14.8. The van der Waals surface area contributed by atoms with Gasteiger partial charge in [-0.25, -0.2) is 0 Å². The van der Waals surface area contributed by atoms with Crippen molar-refractivity contribution in [2.75, 3.05) is 7.05 Å². The zero-order valence-electron chi connectivity index (χ0n) is 17.5. The zero-order chi connectivity index (χ0) is 23.0. The summed E-state index contributed by atoms with van der Waals surface area (Å²) in [7, 11) is 1.62. The van der Waals surface area contributed by atoms with Crippen molar-refractivity contribution in [1.29, 1.82) is 0 Å². The molecule has 0 aliphatic carbocycles. The van der Waals surface area contributed by atoms with E-state index in [-0.39, 0.29) is 11.5 Å². The Balaban J connectivity index is 0.000000225. The van der Waals surface area contributed by atoms with Crippen LogP contribution < -0.4 is 15.9 Å². The molecule has 0 saturated heterocycles. The van der Waals surface area contributed by atoms with E-state index in [0.29, 0.717) is 18.2 Å². The number of hydrogen-bond acceptors (Lipinski definition) is 5. The molecule has 2 aromatic heterocycles. The normalized spacial score (nSPS) is 13.0. The molecular formula is C23H27N3O5. The maximum Gasteiger partial charge on any atom is 0.321 e. The summed E-state index contributed by atoms with van der Waals surface area (Å²) in [4.78, 5) is 27.3. The smallest absolute Gasteiger partial charge is 0.321 e. The van der Waals surface area contributed by atoms with Gasteiger partial charge in [-0.1, -0.05) is 6.58 Å². The standard InChI is InChI=1S/C12H14N2O3.C11H13NO2/c1-13-11(12(16)17)4-7-6-14-10-3-2-8(15)5-9(7)10;1-3-10(14)6-11-8(2)12-7-9(11)4-5-13/h2-3,5-6,11,13-15H,4H2,1H3,(H,16,17);3,5-7,12,14H,2,4H2,1H3/b;10-3+,11-6+. The van der Waals surface area contributed by atoms with Gasteiger partial charge in [0.15, 0.2) is 0 Å². The Labute approximate surface area is 179 Å². The van der Waals surface area contributed by atoms with E-state index < -0.39 is 12.0 Å². The molecule has 1 atom stereocenters. The van der Waals surface area contributed by atoms with E-state index >= 15 is 0 Å². The van der Waals surface area contributed by atoms with E-state index in [1.54, 1.807) is 56.7 Å². The maximum atomic E-state index is 10.9. The predicted molar refractivity (Wildman–Crippen MR) is 120 cm³/mol. The molecule has 0 spiro atoms. The molecule has 1 unspecified atom stereocenters. The lowest BCUT2D eigenvalue weighted by molar-refractivity contribution is -0.139. The van der Waals surface area contributed by atoms with Crippen molar-refractivity contribution in [3.8, 4) is 5.75 Å². The average molecular weight is 425 g/mol. The Hall–Kier alpha value is -3.78. The highest BCUT2D eigenvalue weighted by Crippen LogP contribution is 2.23. The fourth-order valence-electron chi connectivity index (χ4n) is 3.06. The molecular weight excluding hydrogens is 398 g/mol. The molecule has 8 heteroatoms. The van der Waals surface area contributed by atoms with Gasteiger partial charge in [-0.2, -0.15) is 0 Å². The van der Waals surface area contributed by atoms with Crippen molar-refractivity contribution >= 4 is 35.8 Å². The third-order valence-corrected chi connectivity index (χ3v) is 4.80. The molecule has 1 aromatic carbocycles. The van der Waals surface area contributed by atoms with Gasteiger partial charge in [0, 0.05) is 46.7 Å². The first kappa shape index (κ1) is 23.5. The summed E-state index contributed by atoms with van der Waals surface area (Å²) >= 11 is 0. The SMILES string of the molecule is C=c1[nH]cc(CC=O)/c1=C/C(O)=C\C.CNC(Cc1c[nH]c2ccc(O)cc12)C(=O)O. The molecule has 2 heterocycles. The molecule has 0 fully saturated rings. The van der Waals surface area contributed by atoms with Gasteiger partial charge in [-0.3, -0.25) is 4.79 Å². The highest BCUT2D eigenvalue weighted by Gasteiger charge is 2.17. The molecule has 6 N–H and O–H groups in total. The number of aliphatic hydroxyl groups excluding tert-OH is 1. The second-order valence-corrected chi connectivity index (χ2v) is 6.86. The summed E-state index contributed by atoms with van der Waals surface area (Å²) in [6.07, 6.45) is 8.20. The van der Waals surface area contributed by atoms with E-state index in [1.165, 1.54) is 0 Å². The van der Waals surface area contributed by atoms with Gasteiger partial charge in [0.05, 0.1) is 0 Å². The monoisotopic (exact) mass is 425 g/mol. The summed E-state index contributed by atoms with van der Waals surface area (Å²) < 4.78 is 0. The number of H-pyrrole nitrogens is 2.